The molecule has 0 saturated heterocycles. The summed E-state index contributed by atoms with van der Waals surface area (Å²) in [6.45, 7) is 6.16. The number of aromatic nitrogens is 3. The fraction of sp³-hybridized carbons (Fsp3) is 0.583. The molecule has 0 bridgehead atoms. The molecule has 33 heavy (non-hydrogen) atoms. The molecular weight excluding hydrogens is 424 g/mol. The van der Waals surface area contributed by atoms with Gasteiger partial charge in [-0.15, -0.1) is 5.10 Å². The van der Waals surface area contributed by atoms with Crippen LogP contribution in [0.15, 0.2) is 33.9 Å². The fourth-order valence-corrected chi connectivity index (χ4v) is 3.35. The number of aliphatic carboxylic acids is 1. The topological polar surface area (TPSA) is 115 Å². The lowest BCUT2D eigenvalue weighted by Crippen LogP contribution is -2.41. The van der Waals surface area contributed by atoms with Gasteiger partial charge in [-0.1, -0.05) is 44.7 Å². The Hall–Kier alpha value is -3.10. The quantitative estimate of drug-likeness (QED) is 0.416. The maximum atomic E-state index is 12.4. The second-order valence-electron chi connectivity index (χ2n) is 8.73. The van der Waals surface area contributed by atoms with Crippen LogP contribution in [0, 0.1) is 0 Å². The summed E-state index contributed by atoms with van der Waals surface area (Å²) in [5.74, 6) is -0.367. The maximum absolute atomic E-state index is 12.4. The number of carboxylic acids is 1. The Balaban J connectivity index is 1.94. The van der Waals surface area contributed by atoms with Gasteiger partial charge in [0.25, 0.3) is 5.56 Å². The van der Waals surface area contributed by atoms with E-state index in [1.165, 1.54) is 32.0 Å². The van der Waals surface area contributed by atoms with Gasteiger partial charge in [0, 0.05) is 20.1 Å². The summed E-state index contributed by atoms with van der Waals surface area (Å²) in [6, 6.07) is 7.31. The highest BCUT2D eigenvalue weighted by atomic mass is 16.5. The van der Waals surface area contributed by atoms with E-state index >= 15 is 0 Å². The first-order valence-corrected chi connectivity index (χ1v) is 11.6. The molecule has 2 N–H and O–H groups in total. The van der Waals surface area contributed by atoms with Gasteiger partial charge in [-0.25, -0.2) is 14.3 Å². The van der Waals surface area contributed by atoms with Crippen molar-refractivity contribution in [2.75, 3.05) is 11.9 Å². The van der Waals surface area contributed by atoms with E-state index in [4.69, 9.17) is 4.74 Å². The molecule has 0 unspecified atom stereocenters. The van der Waals surface area contributed by atoms with Crippen molar-refractivity contribution in [3.8, 4) is 5.75 Å². The minimum Gasteiger partial charge on any atom is -0.478 e. The van der Waals surface area contributed by atoms with Gasteiger partial charge in [-0.05, 0) is 50.8 Å². The van der Waals surface area contributed by atoms with Crippen LogP contribution in [0.2, 0.25) is 0 Å². The number of hydrogen-bond acceptors (Lipinski definition) is 6. The van der Waals surface area contributed by atoms with Crippen molar-refractivity contribution in [1.29, 1.82) is 0 Å². The molecule has 0 aliphatic heterocycles. The van der Waals surface area contributed by atoms with E-state index < -0.39 is 22.8 Å². The molecule has 2 aromatic rings. The average molecular weight is 461 g/mol. The summed E-state index contributed by atoms with van der Waals surface area (Å²) in [7, 11) is 1.47. The Labute approximate surface area is 194 Å². The van der Waals surface area contributed by atoms with E-state index in [9.17, 15) is 19.5 Å². The van der Waals surface area contributed by atoms with Gasteiger partial charge < -0.3 is 15.2 Å². The van der Waals surface area contributed by atoms with E-state index in [0.29, 0.717) is 31.7 Å². The van der Waals surface area contributed by atoms with Gasteiger partial charge in [0.05, 0.1) is 0 Å². The predicted octanol–water partition coefficient (Wildman–Crippen LogP) is 3.20. The van der Waals surface area contributed by atoms with Crippen LogP contribution in [-0.2, 0) is 24.8 Å². The zero-order valence-electron chi connectivity index (χ0n) is 20.1. The molecular formula is C24H36N4O5. The van der Waals surface area contributed by atoms with Gasteiger partial charge in [0.2, 0.25) is 5.82 Å². The molecule has 0 aliphatic rings. The van der Waals surface area contributed by atoms with Gasteiger partial charge in [-0.3, -0.25) is 9.36 Å². The number of rotatable bonds is 14. The zero-order chi connectivity index (χ0) is 24.4. The summed E-state index contributed by atoms with van der Waals surface area (Å²) in [5, 5.41) is 16.5. The highest BCUT2D eigenvalue weighted by molar-refractivity contribution is 5.76. The Morgan fingerprint density at radius 1 is 1.15 bits per heavy atom. The van der Waals surface area contributed by atoms with E-state index in [1.807, 2.05) is 18.2 Å². The number of unbranched alkanes of at least 4 members (excludes halogenated alkanes) is 4. The molecule has 1 aromatic carbocycles. The molecule has 1 aromatic heterocycles. The molecule has 0 aliphatic carbocycles. The Morgan fingerprint density at radius 2 is 1.88 bits per heavy atom. The first-order valence-electron chi connectivity index (χ1n) is 11.6. The van der Waals surface area contributed by atoms with Crippen LogP contribution in [-0.4, -0.2) is 37.6 Å². The van der Waals surface area contributed by atoms with Gasteiger partial charge in [0.15, 0.2) is 5.60 Å². The highest BCUT2D eigenvalue weighted by Crippen LogP contribution is 2.20. The molecule has 0 radical (unpaired) electrons. The van der Waals surface area contributed by atoms with Crippen molar-refractivity contribution in [2.45, 2.75) is 77.9 Å². The molecule has 2 rings (SSSR count). The first-order chi connectivity index (χ1) is 15.7. The molecule has 0 spiro atoms. The third-order valence-corrected chi connectivity index (χ3v) is 5.43. The zero-order valence-corrected chi connectivity index (χ0v) is 20.1. The number of aryl methyl sites for hydroxylation is 2. The minimum atomic E-state index is -1.31. The minimum absolute atomic E-state index is 0.172. The van der Waals surface area contributed by atoms with Crippen molar-refractivity contribution in [2.24, 2.45) is 7.05 Å². The summed E-state index contributed by atoms with van der Waals surface area (Å²) in [6.07, 6.45) is 6.75. The van der Waals surface area contributed by atoms with Crippen LogP contribution in [0.4, 0.5) is 5.82 Å². The van der Waals surface area contributed by atoms with Crippen LogP contribution in [0.1, 0.15) is 64.9 Å². The Bertz CT molecular complexity index is 1040. The number of carboxylic acid groups (broad SMARTS) is 1. The molecule has 0 fully saturated rings. The van der Waals surface area contributed by atoms with E-state index in [-0.39, 0.29) is 5.82 Å². The van der Waals surface area contributed by atoms with E-state index in [0.717, 1.165) is 35.8 Å². The maximum Gasteiger partial charge on any atom is 0.347 e. The number of ether oxygens (including phenoxy) is 1. The number of nitrogens with one attached hydrogen (secondary N) is 1. The lowest BCUT2D eigenvalue weighted by Gasteiger charge is -2.21. The number of carbonyl (C=O) groups is 1. The van der Waals surface area contributed by atoms with Crippen molar-refractivity contribution in [3.05, 3.63) is 50.7 Å². The Kier molecular flexibility index (Phi) is 9.69. The molecule has 1 heterocycles. The summed E-state index contributed by atoms with van der Waals surface area (Å²) >= 11 is 0. The number of benzene rings is 1. The number of nitrogens with zero attached hydrogens (tertiary/aromatic N) is 3. The number of anilines is 1. The van der Waals surface area contributed by atoms with Crippen molar-refractivity contribution in [3.63, 3.8) is 0 Å². The third-order valence-electron chi connectivity index (χ3n) is 5.43. The van der Waals surface area contributed by atoms with Crippen LogP contribution in [0.3, 0.4) is 0 Å². The molecule has 9 nitrogen and oxygen atoms in total. The predicted molar refractivity (Wildman–Crippen MR) is 128 cm³/mol. The highest BCUT2D eigenvalue weighted by Gasteiger charge is 2.29. The van der Waals surface area contributed by atoms with E-state index in [1.54, 1.807) is 6.07 Å². The molecule has 9 heteroatoms. The van der Waals surface area contributed by atoms with Gasteiger partial charge in [-0.2, -0.15) is 0 Å². The van der Waals surface area contributed by atoms with Gasteiger partial charge >= 0.3 is 11.7 Å². The molecule has 0 atom stereocenters. The summed E-state index contributed by atoms with van der Waals surface area (Å²) < 4.78 is 8.04. The van der Waals surface area contributed by atoms with Crippen LogP contribution < -0.4 is 21.3 Å². The van der Waals surface area contributed by atoms with Gasteiger partial charge in [0.1, 0.15) is 5.75 Å². The average Bonchev–Trinajstić information content (AvgIpc) is 2.77. The molecule has 182 valence electrons. The van der Waals surface area contributed by atoms with Crippen LogP contribution in [0.5, 0.6) is 5.75 Å². The molecule has 0 saturated carbocycles. The van der Waals surface area contributed by atoms with Crippen LogP contribution in [0.25, 0.3) is 0 Å². The first kappa shape index (κ1) is 26.2. The second kappa shape index (κ2) is 12.2. The standard InChI is InChI=1S/C24H36N4O5/c1-5-6-7-8-9-16-28-23(32)27(4)21(29)20(26-28)25-15-11-13-18-12-10-14-19(17-18)33-24(2,3)22(30)31/h10,12,14,17H,5-9,11,13,15-16H2,1-4H3,(H,25,26)(H,30,31). The fourth-order valence-electron chi connectivity index (χ4n) is 3.35. The largest absolute Gasteiger partial charge is 0.478 e. The monoisotopic (exact) mass is 460 g/mol. The summed E-state index contributed by atoms with van der Waals surface area (Å²) in [4.78, 5) is 36.0. The normalized spacial score (nSPS) is 11.4. The van der Waals surface area contributed by atoms with E-state index in [2.05, 4.69) is 17.3 Å². The van der Waals surface area contributed by atoms with Crippen molar-refractivity contribution in [1.82, 2.24) is 14.3 Å². The van der Waals surface area contributed by atoms with Crippen LogP contribution >= 0.6 is 0 Å². The SMILES string of the molecule is CCCCCCCn1nc(NCCCc2cccc(OC(C)(C)C(=O)O)c2)c(=O)n(C)c1=O. The summed E-state index contributed by atoms with van der Waals surface area (Å²) in [5.41, 5.74) is -1.16. The lowest BCUT2D eigenvalue weighted by atomic mass is 10.1. The third kappa shape index (κ3) is 7.76. The number of hydrogen-bond donors (Lipinski definition) is 2. The molecule has 0 amide bonds. The lowest BCUT2D eigenvalue weighted by molar-refractivity contribution is -0.152. The smallest absolute Gasteiger partial charge is 0.347 e. The van der Waals surface area contributed by atoms with Crippen molar-refractivity contribution >= 4 is 11.8 Å². The Morgan fingerprint density at radius 3 is 2.58 bits per heavy atom. The second-order valence-corrected chi connectivity index (χ2v) is 8.73. The van der Waals surface area contributed by atoms with Crippen molar-refractivity contribution < 1.29 is 14.6 Å².